The first-order valence-electron chi connectivity index (χ1n) is 12.3. The number of hydrogen-bond acceptors (Lipinski definition) is 10. The molecule has 1 aliphatic rings. The molecule has 208 valence electrons. The molecule has 0 radical (unpaired) electrons. The van der Waals surface area contributed by atoms with Crippen LogP contribution in [0.15, 0.2) is 59.5 Å². The van der Waals surface area contributed by atoms with Crippen molar-refractivity contribution in [3.05, 3.63) is 65.7 Å². The van der Waals surface area contributed by atoms with Crippen LogP contribution in [0.5, 0.6) is 0 Å². The van der Waals surface area contributed by atoms with Gasteiger partial charge in [0.05, 0.1) is 10.5 Å². The summed E-state index contributed by atoms with van der Waals surface area (Å²) in [5.74, 6) is -2.02. The molecule has 0 aliphatic carbocycles. The van der Waals surface area contributed by atoms with Gasteiger partial charge >= 0.3 is 11.9 Å². The standard InChI is InChI=1S/C26H33NO10S/c1-3-14-27(15-4-2)38(33,34)19-12-10-18(11-13-19)24(31)37-26-22(30)20(28)21(29)23(36-26)25(32)35-16-17-8-6-5-7-9-17/h5-13,20-23,26,28-30H,3-4,14-16H2,1-2H3/t20-,21-,22-,23+,26-/m0/s1. The van der Waals surface area contributed by atoms with Crippen molar-refractivity contribution in [2.24, 2.45) is 0 Å². The SMILES string of the molecule is CCCN(CCC)S(=O)(=O)c1ccc(C(=O)O[C@@H]2O[C@@H](C(=O)OCc3ccccc3)[C@@H](O)[C@H](O)[C@@H]2O)cc1. The number of aliphatic hydroxyl groups excluding tert-OH is 3. The maximum atomic E-state index is 12.9. The summed E-state index contributed by atoms with van der Waals surface area (Å²) in [6, 6.07) is 13.8. The summed E-state index contributed by atoms with van der Waals surface area (Å²) in [5.41, 5.74) is 0.619. The van der Waals surface area contributed by atoms with Gasteiger partial charge in [-0.2, -0.15) is 4.31 Å². The molecule has 5 atom stereocenters. The fraction of sp³-hybridized carbons (Fsp3) is 0.462. The van der Waals surface area contributed by atoms with Crippen LogP contribution in [-0.2, 0) is 35.6 Å². The normalized spacial score (nSPS) is 23.7. The van der Waals surface area contributed by atoms with Gasteiger partial charge in [0, 0.05) is 13.1 Å². The Morgan fingerprint density at radius 1 is 0.895 bits per heavy atom. The molecule has 3 N–H and O–H groups in total. The fourth-order valence-electron chi connectivity index (χ4n) is 3.89. The van der Waals surface area contributed by atoms with Gasteiger partial charge in [-0.3, -0.25) is 0 Å². The van der Waals surface area contributed by atoms with Gasteiger partial charge in [-0.25, -0.2) is 18.0 Å². The van der Waals surface area contributed by atoms with Crippen LogP contribution in [0, 0.1) is 0 Å². The van der Waals surface area contributed by atoms with Crippen LogP contribution in [0.1, 0.15) is 42.6 Å². The van der Waals surface area contributed by atoms with E-state index in [1.54, 1.807) is 30.3 Å². The van der Waals surface area contributed by atoms with Crippen LogP contribution in [0.2, 0.25) is 0 Å². The zero-order chi connectivity index (χ0) is 27.9. The lowest BCUT2D eigenvalue weighted by molar-refractivity contribution is -0.280. The molecule has 2 aromatic rings. The van der Waals surface area contributed by atoms with E-state index in [-0.39, 0.29) is 17.1 Å². The Labute approximate surface area is 221 Å². The van der Waals surface area contributed by atoms with Gasteiger partial charge in [0.15, 0.2) is 6.10 Å². The maximum absolute atomic E-state index is 12.9. The number of aliphatic hydroxyl groups is 3. The second kappa shape index (κ2) is 13.3. The third-order valence-electron chi connectivity index (χ3n) is 5.92. The van der Waals surface area contributed by atoms with Gasteiger partial charge < -0.3 is 29.5 Å². The molecule has 0 aromatic heterocycles. The molecule has 12 heteroatoms. The number of carbonyl (C=O) groups is 2. The molecule has 1 saturated heterocycles. The first kappa shape index (κ1) is 29.7. The molecule has 1 aliphatic heterocycles. The minimum Gasteiger partial charge on any atom is -0.459 e. The minimum absolute atomic E-state index is 0.00433. The molecule has 0 bridgehead atoms. The number of hydrogen-bond donors (Lipinski definition) is 3. The first-order chi connectivity index (χ1) is 18.1. The molecule has 2 aromatic carbocycles. The number of esters is 2. The number of sulfonamides is 1. The Kier molecular flexibility index (Phi) is 10.4. The molecule has 3 rings (SSSR count). The van der Waals surface area contributed by atoms with Crippen molar-refractivity contribution >= 4 is 22.0 Å². The average Bonchev–Trinajstić information content (AvgIpc) is 2.92. The molecule has 0 unspecified atom stereocenters. The Hall–Kier alpha value is -2.87. The van der Waals surface area contributed by atoms with Crippen LogP contribution < -0.4 is 0 Å². The van der Waals surface area contributed by atoms with Gasteiger partial charge in [-0.15, -0.1) is 0 Å². The van der Waals surface area contributed by atoms with Crippen LogP contribution in [0.4, 0.5) is 0 Å². The van der Waals surface area contributed by atoms with Crippen molar-refractivity contribution in [3.8, 4) is 0 Å². The van der Waals surface area contributed by atoms with Crippen molar-refractivity contribution in [2.75, 3.05) is 13.1 Å². The number of rotatable bonds is 11. The van der Waals surface area contributed by atoms with Crippen LogP contribution in [-0.4, -0.2) is 83.8 Å². The second-order valence-corrected chi connectivity index (χ2v) is 10.8. The van der Waals surface area contributed by atoms with Crippen LogP contribution in [0.3, 0.4) is 0 Å². The molecular weight excluding hydrogens is 518 g/mol. The van der Waals surface area contributed by atoms with Crippen LogP contribution >= 0.6 is 0 Å². The lowest BCUT2D eigenvalue weighted by Crippen LogP contribution is -2.60. The summed E-state index contributed by atoms with van der Waals surface area (Å²) >= 11 is 0. The molecule has 0 saturated carbocycles. The second-order valence-electron chi connectivity index (χ2n) is 8.82. The maximum Gasteiger partial charge on any atom is 0.340 e. The number of nitrogens with zero attached hydrogens (tertiary/aromatic N) is 1. The molecule has 1 fully saturated rings. The average molecular weight is 552 g/mol. The summed E-state index contributed by atoms with van der Waals surface area (Å²) in [6.07, 6.45) is -7.80. The molecule has 1 heterocycles. The molecule has 11 nitrogen and oxygen atoms in total. The molecule has 0 spiro atoms. The van der Waals surface area contributed by atoms with E-state index in [1.165, 1.54) is 28.6 Å². The number of carbonyl (C=O) groups excluding carboxylic acids is 2. The predicted molar refractivity (Wildman–Crippen MR) is 134 cm³/mol. The predicted octanol–water partition coefficient (Wildman–Crippen LogP) is 1.21. The Morgan fingerprint density at radius 2 is 1.50 bits per heavy atom. The zero-order valence-electron chi connectivity index (χ0n) is 21.2. The Morgan fingerprint density at radius 3 is 2.08 bits per heavy atom. The third kappa shape index (κ3) is 6.95. The summed E-state index contributed by atoms with van der Waals surface area (Å²) in [6.45, 7) is 4.35. The summed E-state index contributed by atoms with van der Waals surface area (Å²) < 4.78 is 42.8. The highest BCUT2D eigenvalue weighted by Gasteiger charge is 2.49. The number of ether oxygens (including phenoxy) is 3. The van der Waals surface area contributed by atoms with Crippen molar-refractivity contribution < 1.29 is 47.5 Å². The van der Waals surface area contributed by atoms with E-state index in [1.807, 2.05) is 13.8 Å². The van der Waals surface area contributed by atoms with Gasteiger partial charge in [0.25, 0.3) is 0 Å². The van der Waals surface area contributed by atoms with E-state index in [9.17, 15) is 33.3 Å². The van der Waals surface area contributed by atoms with E-state index < -0.39 is 52.7 Å². The molecular formula is C26H33NO10S. The highest BCUT2D eigenvalue weighted by molar-refractivity contribution is 7.89. The quantitative estimate of drug-likeness (QED) is 0.346. The van der Waals surface area contributed by atoms with E-state index in [0.717, 1.165) is 0 Å². The highest BCUT2D eigenvalue weighted by Crippen LogP contribution is 2.25. The highest BCUT2D eigenvalue weighted by atomic mass is 32.2. The van der Waals surface area contributed by atoms with Crippen LogP contribution in [0.25, 0.3) is 0 Å². The van der Waals surface area contributed by atoms with E-state index in [2.05, 4.69) is 0 Å². The zero-order valence-corrected chi connectivity index (χ0v) is 22.0. The van der Waals surface area contributed by atoms with Crippen molar-refractivity contribution in [1.82, 2.24) is 4.31 Å². The van der Waals surface area contributed by atoms with Gasteiger partial charge in [-0.05, 0) is 42.7 Å². The Bertz CT molecular complexity index is 1170. The van der Waals surface area contributed by atoms with E-state index in [0.29, 0.717) is 31.5 Å². The van der Waals surface area contributed by atoms with Crippen molar-refractivity contribution in [1.29, 1.82) is 0 Å². The van der Waals surface area contributed by atoms with E-state index >= 15 is 0 Å². The molecule has 38 heavy (non-hydrogen) atoms. The van der Waals surface area contributed by atoms with Gasteiger partial charge in [0.1, 0.15) is 24.9 Å². The summed E-state index contributed by atoms with van der Waals surface area (Å²) in [7, 11) is -3.76. The first-order valence-corrected chi connectivity index (χ1v) is 13.8. The van der Waals surface area contributed by atoms with E-state index in [4.69, 9.17) is 14.2 Å². The minimum atomic E-state index is -3.76. The largest absolute Gasteiger partial charge is 0.459 e. The summed E-state index contributed by atoms with van der Waals surface area (Å²) in [5, 5.41) is 30.7. The smallest absolute Gasteiger partial charge is 0.340 e. The number of benzene rings is 2. The topological polar surface area (TPSA) is 160 Å². The van der Waals surface area contributed by atoms with Gasteiger partial charge in [0.2, 0.25) is 16.3 Å². The lowest BCUT2D eigenvalue weighted by Gasteiger charge is -2.38. The monoisotopic (exact) mass is 551 g/mol. The molecule has 0 amide bonds. The van der Waals surface area contributed by atoms with Gasteiger partial charge in [-0.1, -0.05) is 44.2 Å². The fourth-order valence-corrected chi connectivity index (χ4v) is 5.51. The van der Waals surface area contributed by atoms with Crippen molar-refractivity contribution in [2.45, 2.75) is 68.9 Å². The third-order valence-corrected chi connectivity index (χ3v) is 7.84. The Balaban J connectivity index is 1.68. The lowest BCUT2D eigenvalue weighted by atomic mass is 9.99. The van der Waals surface area contributed by atoms with Crippen molar-refractivity contribution in [3.63, 3.8) is 0 Å². The summed E-state index contributed by atoms with van der Waals surface area (Å²) in [4.78, 5) is 25.2.